The van der Waals surface area contributed by atoms with E-state index in [1.54, 1.807) is 6.20 Å². The molecule has 1 atom stereocenters. The van der Waals surface area contributed by atoms with Crippen molar-refractivity contribution in [3.8, 4) is 0 Å². The fourth-order valence-electron chi connectivity index (χ4n) is 1.76. The lowest BCUT2D eigenvalue weighted by atomic mass is 10.1. The molecule has 0 spiro atoms. The minimum atomic E-state index is 0.228. The van der Waals surface area contributed by atoms with Crippen LogP contribution in [-0.4, -0.2) is 9.59 Å². The van der Waals surface area contributed by atoms with Gasteiger partial charge in [-0.25, -0.2) is 0 Å². The third-order valence-corrected chi connectivity index (χ3v) is 3.55. The molecule has 0 radical (unpaired) electrons. The number of nitrogens with zero attached hydrogens (tertiary/aromatic N) is 2. The van der Waals surface area contributed by atoms with Gasteiger partial charge in [0.15, 0.2) is 0 Å². The lowest BCUT2D eigenvalue weighted by molar-refractivity contribution is 0.482. The number of rotatable bonds is 9. The summed E-state index contributed by atoms with van der Waals surface area (Å²) in [4.78, 5) is 1.14. The van der Waals surface area contributed by atoms with Crippen molar-refractivity contribution in [3.05, 3.63) is 11.1 Å². The normalized spacial score (nSPS) is 12.9. The zero-order valence-corrected chi connectivity index (χ0v) is 10.8. The number of hydrazine groups is 1. The summed E-state index contributed by atoms with van der Waals surface area (Å²) in [5, 5.41) is 3.83. The van der Waals surface area contributed by atoms with Gasteiger partial charge >= 0.3 is 0 Å². The zero-order valence-electron chi connectivity index (χ0n) is 9.98. The van der Waals surface area contributed by atoms with Crippen molar-refractivity contribution in [2.24, 2.45) is 5.84 Å². The first-order valence-electron chi connectivity index (χ1n) is 6.11. The molecule has 0 aliphatic carbocycles. The van der Waals surface area contributed by atoms with Crippen molar-refractivity contribution in [2.75, 3.05) is 0 Å². The van der Waals surface area contributed by atoms with Crippen LogP contribution in [0.25, 0.3) is 0 Å². The topological polar surface area (TPSA) is 63.8 Å². The molecule has 0 saturated carbocycles. The smallest absolute Gasteiger partial charge is 0.0669 e. The summed E-state index contributed by atoms with van der Waals surface area (Å²) in [6, 6.07) is 0.228. The van der Waals surface area contributed by atoms with Crippen molar-refractivity contribution in [1.29, 1.82) is 0 Å². The summed E-state index contributed by atoms with van der Waals surface area (Å²) in [5.74, 6) is 5.53. The van der Waals surface area contributed by atoms with E-state index in [4.69, 9.17) is 5.84 Å². The first-order chi connectivity index (χ1) is 7.88. The number of unbranched alkanes of at least 4 members (excludes halogenated alkanes) is 5. The van der Waals surface area contributed by atoms with Gasteiger partial charge in [0.25, 0.3) is 0 Å². The molecule has 0 saturated heterocycles. The van der Waals surface area contributed by atoms with Gasteiger partial charge in [0.1, 0.15) is 0 Å². The lowest BCUT2D eigenvalue weighted by Gasteiger charge is -2.12. The minimum Gasteiger partial charge on any atom is -0.271 e. The Morgan fingerprint density at radius 2 is 2.06 bits per heavy atom. The van der Waals surface area contributed by atoms with Crippen LogP contribution >= 0.6 is 11.5 Å². The maximum absolute atomic E-state index is 5.53. The molecule has 5 heteroatoms. The molecule has 1 unspecified atom stereocenters. The molecule has 1 rings (SSSR count). The van der Waals surface area contributed by atoms with E-state index in [0.717, 1.165) is 11.3 Å². The molecule has 0 aromatic carbocycles. The zero-order chi connectivity index (χ0) is 11.6. The Balaban J connectivity index is 2.11. The van der Waals surface area contributed by atoms with E-state index >= 15 is 0 Å². The van der Waals surface area contributed by atoms with Crippen molar-refractivity contribution < 1.29 is 0 Å². The Morgan fingerprint density at radius 1 is 1.31 bits per heavy atom. The van der Waals surface area contributed by atoms with Gasteiger partial charge in [-0.2, -0.15) is 0 Å². The van der Waals surface area contributed by atoms with Gasteiger partial charge in [-0.1, -0.05) is 49.9 Å². The molecule has 0 aliphatic heterocycles. The summed E-state index contributed by atoms with van der Waals surface area (Å²) in [7, 11) is 0. The third kappa shape index (κ3) is 5.01. The molecule has 1 aromatic rings. The van der Waals surface area contributed by atoms with E-state index in [1.165, 1.54) is 50.1 Å². The number of hydrogen-bond acceptors (Lipinski definition) is 5. The highest BCUT2D eigenvalue weighted by Gasteiger charge is 2.11. The first-order valence-corrected chi connectivity index (χ1v) is 6.89. The number of aromatic nitrogens is 2. The highest BCUT2D eigenvalue weighted by Crippen LogP contribution is 2.21. The molecule has 0 aliphatic rings. The number of hydrogen-bond donors (Lipinski definition) is 2. The van der Waals surface area contributed by atoms with Gasteiger partial charge in [0, 0.05) is 0 Å². The summed E-state index contributed by atoms with van der Waals surface area (Å²) in [6.07, 6.45) is 10.8. The van der Waals surface area contributed by atoms with Crippen LogP contribution in [0.4, 0.5) is 0 Å². The number of nitrogens with two attached hydrogens (primary N) is 1. The van der Waals surface area contributed by atoms with Crippen molar-refractivity contribution in [2.45, 2.75) is 57.9 Å². The van der Waals surface area contributed by atoms with Gasteiger partial charge in [-0.05, 0) is 18.0 Å². The van der Waals surface area contributed by atoms with E-state index in [-0.39, 0.29) is 6.04 Å². The molecule has 16 heavy (non-hydrogen) atoms. The molecule has 3 N–H and O–H groups in total. The average Bonchev–Trinajstić information content (AvgIpc) is 2.82. The molecule has 92 valence electrons. The van der Waals surface area contributed by atoms with E-state index in [9.17, 15) is 0 Å². The van der Waals surface area contributed by atoms with E-state index in [0.29, 0.717) is 0 Å². The van der Waals surface area contributed by atoms with Gasteiger partial charge in [0.2, 0.25) is 0 Å². The Kier molecular flexibility index (Phi) is 7.29. The maximum Gasteiger partial charge on any atom is 0.0669 e. The third-order valence-electron chi connectivity index (χ3n) is 2.77. The first kappa shape index (κ1) is 13.5. The molecule has 1 heterocycles. The van der Waals surface area contributed by atoms with Crippen LogP contribution in [0.2, 0.25) is 0 Å². The molecule has 4 nitrogen and oxygen atoms in total. The average molecular weight is 242 g/mol. The van der Waals surface area contributed by atoms with Crippen LogP contribution in [0.5, 0.6) is 0 Å². The maximum atomic E-state index is 5.53. The molecule has 1 aromatic heterocycles. The van der Waals surface area contributed by atoms with Gasteiger partial charge < -0.3 is 0 Å². The van der Waals surface area contributed by atoms with E-state index in [1.807, 2.05) is 0 Å². The van der Waals surface area contributed by atoms with Crippen molar-refractivity contribution in [1.82, 2.24) is 15.0 Å². The molecule has 0 bridgehead atoms. The quantitative estimate of drug-likeness (QED) is 0.397. The van der Waals surface area contributed by atoms with E-state index < -0.39 is 0 Å². The van der Waals surface area contributed by atoms with Crippen molar-refractivity contribution in [3.63, 3.8) is 0 Å². The highest BCUT2D eigenvalue weighted by molar-refractivity contribution is 7.05. The predicted molar refractivity (Wildman–Crippen MR) is 68.0 cm³/mol. The Hall–Kier alpha value is -0.520. The fourth-order valence-corrected chi connectivity index (χ4v) is 2.36. The summed E-state index contributed by atoms with van der Waals surface area (Å²) in [6.45, 7) is 2.24. The number of nitrogens with one attached hydrogen (secondary N) is 1. The SMILES string of the molecule is CCCCCCCCC(NN)c1cnns1. The largest absolute Gasteiger partial charge is 0.271 e. The monoisotopic (exact) mass is 242 g/mol. The highest BCUT2D eigenvalue weighted by atomic mass is 32.1. The molecule has 0 fully saturated rings. The second kappa shape index (κ2) is 8.61. The van der Waals surface area contributed by atoms with Crippen LogP contribution in [0, 0.1) is 0 Å². The molecule has 0 amide bonds. The van der Waals surface area contributed by atoms with Crippen LogP contribution in [0.3, 0.4) is 0 Å². The summed E-state index contributed by atoms with van der Waals surface area (Å²) in [5.41, 5.74) is 2.84. The van der Waals surface area contributed by atoms with E-state index in [2.05, 4.69) is 21.9 Å². The Labute approximate surface area is 102 Å². The van der Waals surface area contributed by atoms with Gasteiger partial charge in [-0.3, -0.25) is 11.3 Å². The van der Waals surface area contributed by atoms with Crippen LogP contribution in [0.15, 0.2) is 6.20 Å². The Morgan fingerprint density at radius 3 is 2.69 bits per heavy atom. The predicted octanol–water partition coefficient (Wildman–Crippen LogP) is 2.79. The second-order valence-electron chi connectivity index (χ2n) is 4.10. The van der Waals surface area contributed by atoms with Crippen LogP contribution in [-0.2, 0) is 0 Å². The standard InChI is InChI=1S/C11H22N4S/c1-2-3-4-5-6-7-8-10(14-12)11-9-13-15-16-11/h9-10,14H,2-8,12H2,1H3. The van der Waals surface area contributed by atoms with Gasteiger partial charge in [-0.15, -0.1) is 5.10 Å². The van der Waals surface area contributed by atoms with Crippen LogP contribution < -0.4 is 11.3 Å². The lowest BCUT2D eigenvalue weighted by Crippen LogP contribution is -2.27. The van der Waals surface area contributed by atoms with Crippen LogP contribution in [0.1, 0.15) is 62.8 Å². The minimum absolute atomic E-state index is 0.228. The molecular weight excluding hydrogens is 220 g/mol. The summed E-state index contributed by atoms with van der Waals surface area (Å²) < 4.78 is 3.86. The van der Waals surface area contributed by atoms with Crippen molar-refractivity contribution >= 4 is 11.5 Å². The molecular formula is C11H22N4S. The summed E-state index contributed by atoms with van der Waals surface area (Å²) >= 11 is 1.42. The Bertz CT molecular complexity index is 250. The second-order valence-corrected chi connectivity index (χ2v) is 4.91. The fraction of sp³-hybridized carbons (Fsp3) is 0.818. The van der Waals surface area contributed by atoms with Gasteiger partial charge in [0.05, 0.1) is 17.1 Å².